The molecule has 72 valence electrons. The van der Waals surface area contributed by atoms with Crippen LogP contribution < -0.4 is 4.74 Å². The van der Waals surface area contributed by atoms with Crippen molar-refractivity contribution in [3.63, 3.8) is 0 Å². The maximum Gasteiger partial charge on any atom is 0.336 e. The molecule has 0 aliphatic heterocycles. The molecule has 1 heterocycles. The lowest BCUT2D eigenvalue weighted by atomic mass is 10.3. The Morgan fingerprint density at radius 1 is 1.29 bits per heavy atom. The van der Waals surface area contributed by atoms with E-state index in [1.165, 1.54) is 11.8 Å². The molecule has 0 spiro atoms. The fraction of sp³-hybridized carbons (Fsp3) is 0.111. The molecule has 5 heteroatoms. The Kier molecular flexibility index (Phi) is 2.37. The molecular formula is C9H8ClN3O. The second-order valence-corrected chi connectivity index (χ2v) is 2.95. The Balaban J connectivity index is 2.46. The van der Waals surface area contributed by atoms with Gasteiger partial charge in [-0.05, 0) is 23.7 Å². The van der Waals surface area contributed by atoms with Crippen LogP contribution >= 0.6 is 11.6 Å². The molecule has 0 saturated heterocycles. The van der Waals surface area contributed by atoms with Gasteiger partial charge in [-0.15, -0.1) is 5.10 Å². The highest BCUT2D eigenvalue weighted by Crippen LogP contribution is 2.16. The molecule has 0 bridgehead atoms. The first-order valence-electron chi connectivity index (χ1n) is 4.03. The summed E-state index contributed by atoms with van der Waals surface area (Å²) in [6.07, 6.45) is 0. The fourth-order valence-corrected chi connectivity index (χ4v) is 1.30. The number of benzene rings is 1. The monoisotopic (exact) mass is 209 g/mol. The topological polar surface area (TPSA) is 39.9 Å². The maximum atomic E-state index is 5.87. The number of aromatic nitrogens is 3. The normalized spacial score (nSPS) is 10.1. The molecule has 4 nitrogen and oxygen atoms in total. The second kappa shape index (κ2) is 3.67. The first-order chi connectivity index (χ1) is 6.81. The standard InChI is InChI=1S/C9H8ClN3O/c1-14-9-11-8(10)13(12-9)7-5-3-2-4-6-7/h2-6H,1H3. The van der Waals surface area contributed by atoms with Crippen LogP contribution in [0.3, 0.4) is 0 Å². The summed E-state index contributed by atoms with van der Waals surface area (Å²) >= 11 is 5.87. The molecule has 0 radical (unpaired) electrons. The molecule has 0 unspecified atom stereocenters. The maximum absolute atomic E-state index is 5.87. The Labute approximate surface area is 86.1 Å². The van der Waals surface area contributed by atoms with Crippen LogP contribution in [0.4, 0.5) is 0 Å². The van der Waals surface area contributed by atoms with E-state index in [1.54, 1.807) is 0 Å². The van der Waals surface area contributed by atoms with Gasteiger partial charge in [0.15, 0.2) is 0 Å². The molecule has 2 rings (SSSR count). The van der Waals surface area contributed by atoms with Gasteiger partial charge in [0.2, 0.25) is 5.28 Å². The van der Waals surface area contributed by atoms with Crippen LogP contribution in [0.15, 0.2) is 30.3 Å². The highest BCUT2D eigenvalue weighted by atomic mass is 35.5. The van der Waals surface area contributed by atoms with E-state index in [2.05, 4.69) is 10.1 Å². The van der Waals surface area contributed by atoms with Gasteiger partial charge < -0.3 is 4.74 Å². The summed E-state index contributed by atoms with van der Waals surface area (Å²) in [4.78, 5) is 3.90. The van der Waals surface area contributed by atoms with Crippen LogP contribution in [0, 0.1) is 0 Å². The van der Waals surface area contributed by atoms with Gasteiger partial charge >= 0.3 is 6.01 Å². The zero-order valence-electron chi connectivity index (χ0n) is 7.51. The molecule has 0 aliphatic rings. The third-order valence-electron chi connectivity index (χ3n) is 1.73. The lowest BCUT2D eigenvalue weighted by molar-refractivity contribution is 0.380. The summed E-state index contributed by atoms with van der Waals surface area (Å²) in [5.41, 5.74) is 0.855. The van der Waals surface area contributed by atoms with Crippen molar-refractivity contribution in [2.75, 3.05) is 7.11 Å². The second-order valence-electron chi connectivity index (χ2n) is 2.61. The van der Waals surface area contributed by atoms with E-state index >= 15 is 0 Å². The first kappa shape index (κ1) is 9.02. The number of halogens is 1. The molecule has 14 heavy (non-hydrogen) atoms. The smallest absolute Gasteiger partial charge is 0.336 e. The van der Waals surface area contributed by atoms with Gasteiger partial charge in [0, 0.05) is 0 Å². The Morgan fingerprint density at radius 2 is 2.00 bits per heavy atom. The number of para-hydroxylation sites is 1. The van der Waals surface area contributed by atoms with E-state index in [1.807, 2.05) is 30.3 Å². The van der Waals surface area contributed by atoms with E-state index < -0.39 is 0 Å². The van der Waals surface area contributed by atoms with E-state index in [-0.39, 0.29) is 11.3 Å². The summed E-state index contributed by atoms with van der Waals surface area (Å²) in [5.74, 6) is 0. The zero-order valence-corrected chi connectivity index (χ0v) is 8.27. The van der Waals surface area contributed by atoms with E-state index in [0.717, 1.165) is 5.69 Å². The van der Waals surface area contributed by atoms with Crippen molar-refractivity contribution < 1.29 is 4.74 Å². The molecule has 0 N–H and O–H groups in total. The van der Waals surface area contributed by atoms with Crippen molar-refractivity contribution in [3.8, 4) is 11.7 Å². The predicted octanol–water partition coefficient (Wildman–Crippen LogP) is 1.93. The first-order valence-corrected chi connectivity index (χ1v) is 4.41. The lowest BCUT2D eigenvalue weighted by Crippen LogP contribution is -1.96. The molecule has 0 saturated carbocycles. The zero-order chi connectivity index (χ0) is 9.97. The quantitative estimate of drug-likeness (QED) is 0.759. The highest BCUT2D eigenvalue weighted by Gasteiger charge is 2.08. The molecule has 1 aromatic heterocycles. The molecule has 2 aromatic rings. The summed E-state index contributed by atoms with van der Waals surface area (Å²) in [6, 6.07) is 9.77. The van der Waals surface area contributed by atoms with Gasteiger partial charge in [0.1, 0.15) is 0 Å². The van der Waals surface area contributed by atoms with Crippen LogP contribution in [-0.2, 0) is 0 Å². The van der Waals surface area contributed by atoms with Crippen molar-refractivity contribution in [1.82, 2.24) is 14.8 Å². The molecular weight excluding hydrogens is 202 g/mol. The number of rotatable bonds is 2. The van der Waals surface area contributed by atoms with Crippen molar-refractivity contribution in [2.24, 2.45) is 0 Å². The Hall–Kier alpha value is -1.55. The summed E-state index contributed by atoms with van der Waals surface area (Å²) in [6.45, 7) is 0. The number of nitrogens with zero attached hydrogens (tertiary/aromatic N) is 3. The minimum Gasteiger partial charge on any atom is -0.466 e. The van der Waals surface area contributed by atoms with E-state index in [0.29, 0.717) is 0 Å². The number of hydrogen-bond donors (Lipinski definition) is 0. The largest absolute Gasteiger partial charge is 0.466 e. The van der Waals surface area contributed by atoms with Crippen LogP contribution in [0.5, 0.6) is 6.01 Å². The van der Waals surface area contributed by atoms with Crippen LogP contribution in [0.25, 0.3) is 5.69 Å². The fourth-order valence-electron chi connectivity index (χ4n) is 1.10. The van der Waals surface area contributed by atoms with Crippen LogP contribution in [0.1, 0.15) is 0 Å². The average molecular weight is 210 g/mol. The lowest BCUT2D eigenvalue weighted by Gasteiger charge is -1.99. The SMILES string of the molecule is COc1nc(Cl)n(-c2ccccc2)n1. The van der Waals surface area contributed by atoms with Crippen LogP contribution in [0.2, 0.25) is 5.28 Å². The van der Waals surface area contributed by atoms with Gasteiger partial charge in [-0.2, -0.15) is 9.67 Å². The number of ether oxygens (including phenoxy) is 1. The van der Waals surface area contributed by atoms with Crippen molar-refractivity contribution in [3.05, 3.63) is 35.6 Å². The van der Waals surface area contributed by atoms with Crippen molar-refractivity contribution in [2.45, 2.75) is 0 Å². The van der Waals surface area contributed by atoms with Crippen molar-refractivity contribution >= 4 is 11.6 Å². The highest BCUT2D eigenvalue weighted by molar-refractivity contribution is 6.28. The van der Waals surface area contributed by atoms with Crippen molar-refractivity contribution in [1.29, 1.82) is 0 Å². The molecule has 0 fully saturated rings. The number of hydrogen-bond acceptors (Lipinski definition) is 3. The van der Waals surface area contributed by atoms with Gasteiger partial charge in [-0.3, -0.25) is 0 Å². The average Bonchev–Trinajstić information content (AvgIpc) is 2.61. The molecule has 1 aromatic carbocycles. The Morgan fingerprint density at radius 3 is 2.57 bits per heavy atom. The molecule has 0 atom stereocenters. The predicted molar refractivity (Wildman–Crippen MR) is 52.9 cm³/mol. The summed E-state index contributed by atoms with van der Waals surface area (Å²) in [5, 5.41) is 4.34. The van der Waals surface area contributed by atoms with Gasteiger partial charge in [-0.1, -0.05) is 18.2 Å². The third kappa shape index (κ3) is 1.56. The molecule has 0 aliphatic carbocycles. The van der Waals surface area contributed by atoms with Gasteiger partial charge in [0.05, 0.1) is 12.8 Å². The van der Waals surface area contributed by atoms with Gasteiger partial charge in [-0.25, -0.2) is 0 Å². The minimum absolute atomic E-state index is 0.263. The summed E-state index contributed by atoms with van der Waals surface area (Å²) in [7, 11) is 1.50. The van der Waals surface area contributed by atoms with E-state index in [4.69, 9.17) is 16.3 Å². The Bertz CT molecular complexity index is 427. The minimum atomic E-state index is 0.263. The molecule has 0 amide bonds. The third-order valence-corrected chi connectivity index (χ3v) is 1.98. The van der Waals surface area contributed by atoms with Crippen LogP contribution in [-0.4, -0.2) is 21.9 Å². The number of methoxy groups -OCH3 is 1. The summed E-state index contributed by atoms with van der Waals surface area (Å²) < 4.78 is 6.38. The van der Waals surface area contributed by atoms with E-state index in [9.17, 15) is 0 Å². The van der Waals surface area contributed by atoms with Gasteiger partial charge in [0.25, 0.3) is 0 Å².